The van der Waals surface area contributed by atoms with Gasteiger partial charge in [0.15, 0.2) is 17.7 Å². The molecule has 2 aromatic carbocycles. The van der Waals surface area contributed by atoms with Gasteiger partial charge in [-0.1, -0.05) is 0 Å². The molecule has 0 radical (unpaired) electrons. The van der Waals surface area contributed by atoms with E-state index in [2.05, 4.69) is 10.3 Å². The quantitative estimate of drug-likeness (QED) is 0.665. The van der Waals surface area contributed by atoms with Crippen molar-refractivity contribution < 1.29 is 23.1 Å². The minimum Gasteiger partial charge on any atom is -0.449 e. The molecule has 0 fully saturated rings. The van der Waals surface area contributed by atoms with E-state index in [0.717, 1.165) is 18.6 Å². The van der Waals surface area contributed by atoms with Crippen molar-refractivity contribution in [3.8, 4) is 0 Å². The fourth-order valence-corrected chi connectivity index (χ4v) is 3.31. The molecule has 1 amide bonds. The van der Waals surface area contributed by atoms with E-state index < -0.39 is 29.6 Å². The van der Waals surface area contributed by atoms with E-state index >= 15 is 0 Å². The van der Waals surface area contributed by atoms with Crippen LogP contribution in [0.15, 0.2) is 41.2 Å². The van der Waals surface area contributed by atoms with Gasteiger partial charge < -0.3 is 10.1 Å². The van der Waals surface area contributed by atoms with Crippen molar-refractivity contribution in [2.24, 2.45) is 0 Å². The average Bonchev–Trinajstić information content (AvgIpc) is 3.19. The molecule has 0 unspecified atom stereocenters. The summed E-state index contributed by atoms with van der Waals surface area (Å²) >= 11 is 0. The molecule has 0 aliphatic carbocycles. The van der Waals surface area contributed by atoms with Crippen molar-refractivity contribution in [2.75, 3.05) is 5.32 Å². The van der Waals surface area contributed by atoms with Gasteiger partial charge >= 0.3 is 5.97 Å². The van der Waals surface area contributed by atoms with Crippen molar-refractivity contribution in [1.29, 1.82) is 0 Å². The summed E-state index contributed by atoms with van der Waals surface area (Å²) in [6.07, 6.45) is 0.346. The third-order valence-corrected chi connectivity index (χ3v) is 4.89. The molecule has 1 aliphatic rings. The molecule has 1 N–H and O–H groups in total. The number of aryl methyl sites for hydroxylation is 1. The number of anilines is 1. The van der Waals surface area contributed by atoms with E-state index in [1.165, 1.54) is 31.2 Å². The molecular formula is C21H17F2N3O4. The molecule has 0 saturated carbocycles. The molecule has 7 nitrogen and oxygen atoms in total. The second-order valence-electron chi connectivity index (χ2n) is 6.99. The minimum atomic E-state index is -1.19. The summed E-state index contributed by atoms with van der Waals surface area (Å²) in [5, 5.41) is 2.76. The largest absolute Gasteiger partial charge is 0.449 e. The first-order valence-electron chi connectivity index (χ1n) is 9.34. The van der Waals surface area contributed by atoms with Crippen molar-refractivity contribution in [2.45, 2.75) is 32.4 Å². The van der Waals surface area contributed by atoms with Gasteiger partial charge in [0.2, 0.25) is 0 Å². The summed E-state index contributed by atoms with van der Waals surface area (Å²) in [7, 11) is 0. The van der Waals surface area contributed by atoms with Crippen molar-refractivity contribution in [3.05, 3.63) is 69.8 Å². The molecule has 1 aliphatic heterocycles. The Morgan fingerprint density at radius 1 is 1.17 bits per heavy atom. The Bertz CT molecular complexity index is 1240. The van der Waals surface area contributed by atoms with Crippen LogP contribution in [0.1, 0.15) is 29.5 Å². The Morgan fingerprint density at radius 3 is 2.73 bits per heavy atom. The maximum Gasteiger partial charge on any atom is 0.338 e. The summed E-state index contributed by atoms with van der Waals surface area (Å²) < 4.78 is 33.0. The standard InChI is InChI=1S/C21H17F2N3O4/c1-11(19(27)24-13-5-7-15(22)16(23)10-13)30-21(29)12-4-6-14-17(9-12)25-18-3-2-8-26(18)20(14)28/h4-7,9-11H,2-3,8H2,1H3,(H,24,27)/t11-/m1/s1. The Balaban J connectivity index is 1.49. The number of hydrogen-bond donors (Lipinski definition) is 1. The number of nitrogens with one attached hydrogen (secondary N) is 1. The summed E-state index contributed by atoms with van der Waals surface area (Å²) in [5.41, 5.74) is 0.420. The molecule has 0 saturated heterocycles. The van der Waals surface area contributed by atoms with E-state index in [1.54, 1.807) is 4.57 Å². The lowest BCUT2D eigenvalue weighted by atomic mass is 10.1. The SMILES string of the molecule is C[C@@H](OC(=O)c1ccc2c(=O)n3c(nc2c1)CCC3)C(=O)Nc1ccc(F)c(F)c1. The highest BCUT2D eigenvalue weighted by molar-refractivity contribution is 5.98. The van der Waals surface area contributed by atoms with E-state index in [0.29, 0.717) is 29.7 Å². The van der Waals surface area contributed by atoms with Crippen LogP contribution >= 0.6 is 0 Å². The van der Waals surface area contributed by atoms with Crippen LogP contribution in [0, 0.1) is 11.6 Å². The van der Waals surface area contributed by atoms with Gasteiger partial charge in [-0.25, -0.2) is 18.6 Å². The maximum atomic E-state index is 13.3. The lowest BCUT2D eigenvalue weighted by Gasteiger charge is -2.14. The highest BCUT2D eigenvalue weighted by Crippen LogP contribution is 2.18. The second-order valence-corrected chi connectivity index (χ2v) is 6.99. The lowest BCUT2D eigenvalue weighted by Crippen LogP contribution is -2.30. The van der Waals surface area contributed by atoms with Crippen LogP contribution in [-0.2, 0) is 22.5 Å². The minimum absolute atomic E-state index is 0.0334. The van der Waals surface area contributed by atoms with Crippen molar-refractivity contribution in [1.82, 2.24) is 9.55 Å². The third kappa shape index (κ3) is 3.66. The predicted octanol–water partition coefficient (Wildman–Crippen LogP) is 2.80. The van der Waals surface area contributed by atoms with Crippen LogP contribution in [-0.4, -0.2) is 27.5 Å². The van der Waals surface area contributed by atoms with Crippen LogP contribution in [0.5, 0.6) is 0 Å². The summed E-state index contributed by atoms with van der Waals surface area (Å²) in [4.78, 5) is 41.6. The Hall–Kier alpha value is -3.62. The first-order chi connectivity index (χ1) is 14.3. The highest BCUT2D eigenvalue weighted by atomic mass is 19.2. The molecule has 2 heterocycles. The zero-order chi connectivity index (χ0) is 21.4. The zero-order valence-electron chi connectivity index (χ0n) is 15.9. The van der Waals surface area contributed by atoms with Crippen molar-refractivity contribution >= 4 is 28.5 Å². The molecule has 0 bridgehead atoms. The van der Waals surface area contributed by atoms with Gasteiger partial charge in [0, 0.05) is 24.7 Å². The van der Waals surface area contributed by atoms with Gasteiger partial charge in [-0.15, -0.1) is 0 Å². The summed E-state index contributed by atoms with van der Waals surface area (Å²) in [6.45, 7) is 1.98. The summed E-state index contributed by atoms with van der Waals surface area (Å²) in [5.74, 6) is -2.94. The van der Waals surface area contributed by atoms with E-state index in [-0.39, 0.29) is 16.8 Å². The van der Waals surface area contributed by atoms with Crippen LogP contribution in [0.25, 0.3) is 10.9 Å². The molecule has 154 valence electrons. The third-order valence-electron chi connectivity index (χ3n) is 4.89. The average molecular weight is 413 g/mol. The number of ether oxygens (including phenoxy) is 1. The van der Waals surface area contributed by atoms with Gasteiger partial charge in [0.25, 0.3) is 11.5 Å². The fourth-order valence-electron chi connectivity index (χ4n) is 3.31. The molecule has 3 aromatic rings. The number of esters is 1. The molecule has 0 spiro atoms. The van der Waals surface area contributed by atoms with Crippen LogP contribution < -0.4 is 10.9 Å². The Morgan fingerprint density at radius 2 is 1.97 bits per heavy atom. The fraction of sp³-hybridized carbons (Fsp3) is 0.238. The lowest BCUT2D eigenvalue weighted by molar-refractivity contribution is -0.123. The molecule has 1 atom stereocenters. The number of benzene rings is 2. The molecule has 4 rings (SSSR count). The monoisotopic (exact) mass is 413 g/mol. The first-order valence-corrected chi connectivity index (χ1v) is 9.34. The second kappa shape index (κ2) is 7.66. The number of nitrogens with zero attached hydrogens (tertiary/aromatic N) is 2. The van der Waals surface area contributed by atoms with E-state index in [4.69, 9.17) is 4.74 Å². The summed E-state index contributed by atoms with van der Waals surface area (Å²) in [6, 6.07) is 7.31. The van der Waals surface area contributed by atoms with E-state index in [1.807, 2.05) is 0 Å². The number of hydrogen-bond acceptors (Lipinski definition) is 5. The number of aromatic nitrogens is 2. The van der Waals surface area contributed by atoms with Gasteiger partial charge in [0.1, 0.15) is 5.82 Å². The van der Waals surface area contributed by atoms with Gasteiger partial charge in [-0.2, -0.15) is 0 Å². The molecule has 1 aromatic heterocycles. The first kappa shape index (κ1) is 19.7. The van der Waals surface area contributed by atoms with Gasteiger partial charge in [-0.05, 0) is 43.7 Å². The van der Waals surface area contributed by atoms with Crippen molar-refractivity contribution in [3.63, 3.8) is 0 Å². The molecular weight excluding hydrogens is 396 g/mol. The van der Waals surface area contributed by atoms with Crippen LogP contribution in [0.3, 0.4) is 0 Å². The van der Waals surface area contributed by atoms with Gasteiger partial charge in [0.05, 0.1) is 16.5 Å². The van der Waals surface area contributed by atoms with E-state index in [9.17, 15) is 23.2 Å². The van der Waals surface area contributed by atoms with Gasteiger partial charge in [-0.3, -0.25) is 14.2 Å². The number of amides is 1. The number of fused-ring (bicyclic) bond motifs is 2. The smallest absolute Gasteiger partial charge is 0.338 e. The number of rotatable bonds is 4. The number of carbonyl (C=O) groups excluding carboxylic acids is 2. The zero-order valence-corrected chi connectivity index (χ0v) is 15.9. The van der Waals surface area contributed by atoms with Crippen LogP contribution in [0.2, 0.25) is 0 Å². The maximum absolute atomic E-state index is 13.3. The number of halogens is 2. The number of carbonyl (C=O) groups is 2. The Labute approximate surface area is 169 Å². The highest BCUT2D eigenvalue weighted by Gasteiger charge is 2.21. The normalized spacial score (nSPS) is 13.7. The van der Waals surface area contributed by atoms with Crippen LogP contribution in [0.4, 0.5) is 14.5 Å². The predicted molar refractivity (Wildman–Crippen MR) is 104 cm³/mol. The topological polar surface area (TPSA) is 90.3 Å². The molecule has 9 heteroatoms. The molecule has 30 heavy (non-hydrogen) atoms. The Kier molecular flexibility index (Phi) is 5.03.